The van der Waals surface area contributed by atoms with Crippen LogP contribution in [0.25, 0.3) is 11.5 Å². The van der Waals surface area contributed by atoms with Crippen molar-refractivity contribution in [3.8, 4) is 11.5 Å². The molecule has 0 aliphatic carbocycles. The van der Waals surface area contributed by atoms with Crippen LogP contribution in [0.15, 0.2) is 58.2 Å². The summed E-state index contributed by atoms with van der Waals surface area (Å²) in [5, 5.41) is 13.6. The Morgan fingerprint density at radius 2 is 1.74 bits per heavy atom. The van der Waals surface area contributed by atoms with Crippen LogP contribution in [-0.4, -0.2) is 34.8 Å². The summed E-state index contributed by atoms with van der Waals surface area (Å²) in [7, 11) is 1.57. The molecule has 3 rings (SSSR count). The number of aromatic nitrogens is 2. The minimum Gasteiger partial charge on any atom is -0.411 e. The van der Waals surface area contributed by atoms with Gasteiger partial charge in [-0.05, 0) is 43.3 Å². The maximum Gasteiger partial charge on any atom is 0.277 e. The van der Waals surface area contributed by atoms with E-state index < -0.39 is 0 Å². The molecule has 0 saturated heterocycles. The summed E-state index contributed by atoms with van der Waals surface area (Å²) < 4.78 is 5.58. The van der Waals surface area contributed by atoms with Crippen LogP contribution in [-0.2, 0) is 4.79 Å². The minimum absolute atomic E-state index is 0.132. The average Bonchev–Trinajstić information content (AvgIpc) is 3.16. The van der Waals surface area contributed by atoms with E-state index in [-0.39, 0.29) is 17.6 Å². The van der Waals surface area contributed by atoms with Crippen LogP contribution in [0.3, 0.4) is 0 Å². The first-order valence-corrected chi connectivity index (χ1v) is 9.19. The molecule has 0 saturated carbocycles. The molecule has 138 valence electrons. The molecule has 2 aromatic carbocycles. The molecule has 1 heterocycles. The van der Waals surface area contributed by atoms with Crippen molar-refractivity contribution in [3.63, 3.8) is 0 Å². The van der Waals surface area contributed by atoms with E-state index in [1.54, 1.807) is 31.3 Å². The summed E-state index contributed by atoms with van der Waals surface area (Å²) in [5.41, 5.74) is 3.12. The molecule has 2 amide bonds. The number of benzene rings is 2. The first-order valence-electron chi connectivity index (χ1n) is 8.20. The third-order valence-electron chi connectivity index (χ3n) is 3.69. The zero-order chi connectivity index (χ0) is 19.2. The average molecular weight is 382 g/mol. The highest BCUT2D eigenvalue weighted by molar-refractivity contribution is 7.99. The van der Waals surface area contributed by atoms with Crippen LogP contribution < -0.4 is 10.6 Å². The quantitative estimate of drug-likeness (QED) is 0.636. The Balaban J connectivity index is 1.53. The van der Waals surface area contributed by atoms with Gasteiger partial charge >= 0.3 is 0 Å². The molecule has 0 atom stereocenters. The van der Waals surface area contributed by atoms with Gasteiger partial charge in [0.15, 0.2) is 0 Å². The lowest BCUT2D eigenvalue weighted by Gasteiger charge is -2.05. The number of hydrogen-bond acceptors (Lipinski definition) is 6. The van der Waals surface area contributed by atoms with Crippen molar-refractivity contribution in [1.29, 1.82) is 0 Å². The fourth-order valence-electron chi connectivity index (χ4n) is 2.25. The monoisotopic (exact) mass is 382 g/mol. The summed E-state index contributed by atoms with van der Waals surface area (Å²) >= 11 is 1.16. The Bertz CT molecular complexity index is 936. The van der Waals surface area contributed by atoms with Crippen LogP contribution >= 0.6 is 11.8 Å². The number of rotatable bonds is 6. The molecule has 7 nitrogen and oxygen atoms in total. The highest BCUT2D eigenvalue weighted by Crippen LogP contribution is 2.23. The van der Waals surface area contributed by atoms with Gasteiger partial charge in [-0.15, -0.1) is 10.2 Å². The molecule has 3 aromatic rings. The van der Waals surface area contributed by atoms with Gasteiger partial charge in [0, 0.05) is 23.9 Å². The van der Waals surface area contributed by atoms with E-state index in [0.29, 0.717) is 22.4 Å². The number of anilines is 1. The van der Waals surface area contributed by atoms with Crippen LogP contribution in [0.4, 0.5) is 5.69 Å². The molecular weight excluding hydrogens is 364 g/mol. The predicted octanol–water partition coefficient (Wildman–Crippen LogP) is 3.14. The highest BCUT2D eigenvalue weighted by Gasteiger charge is 2.11. The summed E-state index contributed by atoms with van der Waals surface area (Å²) in [4.78, 5) is 23.6. The van der Waals surface area contributed by atoms with Crippen LogP contribution in [0.2, 0.25) is 0 Å². The molecule has 0 bridgehead atoms. The lowest BCUT2D eigenvalue weighted by molar-refractivity contribution is -0.113. The van der Waals surface area contributed by atoms with Gasteiger partial charge in [-0.25, -0.2) is 0 Å². The summed E-state index contributed by atoms with van der Waals surface area (Å²) in [5.74, 6) is 0.168. The van der Waals surface area contributed by atoms with E-state index in [1.165, 1.54) is 0 Å². The number of hydrogen-bond donors (Lipinski definition) is 2. The van der Waals surface area contributed by atoms with Gasteiger partial charge in [0.25, 0.3) is 11.1 Å². The Morgan fingerprint density at radius 1 is 1.04 bits per heavy atom. The first-order chi connectivity index (χ1) is 13.0. The van der Waals surface area contributed by atoms with E-state index in [4.69, 9.17) is 4.42 Å². The summed E-state index contributed by atoms with van der Waals surface area (Å²) in [6, 6.07) is 14.4. The smallest absolute Gasteiger partial charge is 0.277 e. The predicted molar refractivity (Wildman–Crippen MR) is 104 cm³/mol. The molecule has 2 N–H and O–H groups in total. The molecule has 8 heteroatoms. The van der Waals surface area contributed by atoms with Crippen LogP contribution in [0, 0.1) is 6.92 Å². The van der Waals surface area contributed by atoms with Crippen molar-refractivity contribution >= 4 is 29.3 Å². The fraction of sp³-hybridized carbons (Fsp3) is 0.158. The summed E-state index contributed by atoms with van der Waals surface area (Å²) in [6.45, 7) is 2.00. The molecule has 27 heavy (non-hydrogen) atoms. The lowest BCUT2D eigenvalue weighted by Crippen LogP contribution is -2.18. The van der Waals surface area contributed by atoms with Gasteiger partial charge < -0.3 is 15.1 Å². The first kappa shape index (κ1) is 18.7. The van der Waals surface area contributed by atoms with Crippen molar-refractivity contribution in [2.24, 2.45) is 0 Å². The number of aryl methyl sites for hydroxylation is 1. The third-order valence-corrected chi connectivity index (χ3v) is 4.51. The second-order valence-electron chi connectivity index (χ2n) is 5.73. The SMILES string of the molecule is CNC(=O)c1ccc(NC(=O)CSc2nnc(-c3ccc(C)cc3)o2)cc1. The Hall–Kier alpha value is -3.13. The number of carbonyl (C=O) groups is 2. The molecule has 0 radical (unpaired) electrons. The zero-order valence-corrected chi connectivity index (χ0v) is 15.7. The topological polar surface area (TPSA) is 97.1 Å². The van der Waals surface area contributed by atoms with E-state index in [9.17, 15) is 9.59 Å². The summed E-state index contributed by atoms with van der Waals surface area (Å²) in [6.07, 6.45) is 0. The normalized spacial score (nSPS) is 10.4. The maximum atomic E-state index is 12.1. The molecule has 0 aliphatic rings. The van der Waals surface area contributed by atoms with E-state index >= 15 is 0 Å². The van der Waals surface area contributed by atoms with Crippen molar-refractivity contribution in [2.75, 3.05) is 18.1 Å². The molecule has 0 fully saturated rings. The van der Waals surface area contributed by atoms with Gasteiger partial charge in [0.2, 0.25) is 11.8 Å². The second kappa shape index (κ2) is 8.50. The highest BCUT2D eigenvalue weighted by atomic mass is 32.2. The fourth-order valence-corrected chi connectivity index (χ4v) is 2.82. The van der Waals surface area contributed by atoms with E-state index in [0.717, 1.165) is 22.9 Å². The van der Waals surface area contributed by atoms with Gasteiger partial charge in [0.1, 0.15) is 0 Å². The standard InChI is InChI=1S/C19H18N4O3S/c1-12-3-5-14(6-4-12)18-22-23-19(26-18)27-11-16(24)21-15-9-7-13(8-10-15)17(25)20-2/h3-10H,11H2,1-2H3,(H,20,25)(H,21,24). The van der Waals surface area contributed by atoms with E-state index in [1.807, 2.05) is 31.2 Å². The Morgan fingerprint density at radius 3 is 2.41 bits per heavy atom. The van der Waals surface area contributed by atoms with Gasteiger partial charge in [0.05, 0.1) is 5.75 Å². The van der Waals surface area contributed by atoms with Crippen LogP contribution in [0.1, 0.15) is 15.9 Å². The van der Waals surface area contributed by atoms with Crippen molar-refractivity contribution < 1.29 is 14.0 Å². The number of amides is 2. The number of carbonyl (C=O) groups excluding carboxylic acids is 2. The van der Waals surface area contributed by atoms with E-state index in [2.05, 4.69) is 20.8 Å². The van der Waals surface area contributed by atoms with Crippen molar-refractivity contribution in [3.05, 3.63) is 59.7 Å². The number of nitrogens with one attached hydrogen (secondary N) is 2. The number of nitrogens with zero attached hydrogens (tertiary/aromatic N) is 2. The zero-order valence-electron chi connectivity index (χ0n) is 14.9. The van der Waals surface area contributed by atoms with Crippen molar-refractivity contribution in [1.82, 2.24) is 15.5 Å². The molecular formula is C19H18N4O3S. The Kier molecular flexibility index (Phi) is 5.87. The molecule has 0 spiro atoms. The molecule has 0 aliphatic heterocycles. The molecule has 0 unspecified atom stereocenters. The van der Waals surface area contributed by atoms with Crippen LogP contribution in [0.5, 0.6) is 0 Å². The Labute approximate surface area is 160 Å². The largest absolute Gasteiger partial charge is 0.411 e. The lowest BCUT2D eigenvalue weighted by atomic mass is 10.1. The van der Waals surface area contributed by atoms with Gasteiger partial charge in [-0.2, -0.15) is 0 Å². The minimum atomic E-state index is -0.206. The third kappa shape index (κ3) is 4.95. The van der Waals surface area contributed by atoms with Crippen molar-refractivity contribution in [2.45, 2.75) is 12.1 Å². The number of thioether (sulfide) groups is 1. The van der Waals surface area contributed by atoms with Gasteiger partial charge in [-0.3, -0.25) is 9.59 Å². The molecule has 1 aromatic heterocycles. The second-order valence-corrected chi connectivity index (χ2v) is 6.66. The maximum absolute atomic E-state index is 12.1. The van der Waals surface area contributed by atoms with Gasteiger partial charge in [-0.1, -0.05) is 29.5 Å².